The van der Waals surface area contributed by atoms with Crippen molar-refractivity contribution in [2.45, 2.75) is 10.4 Å². The average Bonchev–Trinajstić information content (AvgIpc) is 3.37. The molecule has 4 aromatic rings. The van der Waals surface area contributed by atoms with Crippen LogP contribution in [-0.4, -0.2) is 27.9 Å². The molecule has 0 aliphatic rings. The molecule has 0 atom stereocenters. The molecule has 0 saturated heterocycles. The van der Waals surface area contributed by atoms with E-state index in [1.165, 1.54) is 29.2 Å². The predicted molar refractivity (Wildman–Crippen MR) is 109 cm³/mol. The van der Waals surface area contributed by atoms with Crippen molar-refractivity contribution in [1.82, 2.24) is 19.5 Å². The molecular formula is C18H11ClF3N5O2S2. The van der Waals surface area contributed by atoms with Gasteiger partial charge in [0.25, 0.3) is 0 Å². The molecule has 0 amide bonds. The van der Waals surface area contributed by atoms with Gasteiger partial charge in [0.2, 0.25) is 16.0 Å². The van der Waals surface area contributed by atoms with Crippen LogP contribution in [0.25, 0.3) is 27.8 Å². The third-order valence-electron chi connectivity index (χ3n) is 4.07. The van der Waals surface area contributed by atoms with Gasteiger partial charge < -0.3 is 0 Å². The van der Waals surface area contributed by atoms with Crippen LogP contribution in [0.2, 0.25) is 5.02 Å². The number of hydrogen-bond donors (Lipinski definition) is 1. The molecule has 1 aromatic carbocycles. The van der Waals surface area contributed by atoms with Crippen molar-refractivity contribution < 1.29 is 21.6 Å². The van der Waals surface area contributed by atoms with E-state index >= 15 is 0 Å². The number of halogens is 4. The van der Waals surface area contributed by atoms with E-state index in [-0.39, 0.29) is 15.9 Å². The van der Waals surface area contributed by atoms with Gasteiger partial charge in [0.15, 0.2) is 5.69 Å². The second kappa shape index (κ2) is 7.71. The summed E-state index contributed by atoms with van der Waals surface area (Å²) in [5, 5.41) is 5.54. The smallest absolute Gasteiger partial charge is 0.274 e. The number of benzene rings is 1. The maximum atomic E-state index is 13.4. The van der Waals surface area contributed by atoms with E-state index in [1.807, 2.05) is 0 Å². The van der Waals surface area contributed by atoms with Crippen molar-refractivity contribution >= 4 is 33.0 Å². The van der Waals surface area contributed by atoms with E-state index in [4.69, 9.17) is 16.7 Å². The summed E-state index contributed by atoms with van der Waals surface area (Å²) >= 11 is 6.74. The molecule has 4 rings (SSSR count). The first kappa shape index (κ1) is 21.4. The highest BCUT2D eigenvalue weighted by Crippen LogP contribution is 2.32. The van der Waals surface area contributed by atoms with Gasteiger partial charge in [-0.25, -0.2) is 28.5 Å². The second-order valence-electron chi connectivity index (χ2n) is 6.27. The number of aromatic nitrogens is 4. The van der Waals surface area contributed by atoms with E-state index in [9.17, 15) is 21.6 Å². The van der Waals surface area contributed by atoms with Crippen LogP contribution >= 0.6 is 22.9 Å². The summed E-state index contributed by atoms with van der Waals surface area (Å²) in [4.78, 5) is 12.4. The third kappa shape index (κ3) is 4.61. The summed E-state index contributed by atoms with van der Waals surface area (Å²) in [7, 11) is -3.87. The third-order valence-corrected chi connectivity index (χ3v) is 6.87. The minimum absolute atomic E-state index is 0.0527. The molecule has 0 aliphatic carbocycles. The van der Waals surface area contributed by atoms with Crippen LogP contribution in [0.15, 0.2) is 59.2 Å². The number of nitrogens with two attached hydrogens (primary N) is 1. The Morgan fingerprint density at radius 1 is 1.03 bits per heavy atom. The standard InChI is InChI=1S/C18H11ClF3N5O2S2/c19-11-3-1-10(2-4-11)12-7-15(18(20,21)22)26-17(25-12)27-8-13(24-9-27)14-5-6-16(30-14)31(23,28)29/h1-9H,(H2,23,28,29). The Morgan fingerprint density at radius 2 is 1.74 bits per heavy atom. The highest BCUT2D eigenvalue weighted by atomic mass is 35.5. The maximum absolute atomic E-state index is 13.4. The van der Waals surface area contributed by atoms with Gasteiger partial charge in [-0.1, -0.05) is 23.7 Å². The molecule has 7 nitrogen and oxygen atoms in total. The number of alkyl halides is 3. The molecule has 13 heteroatoms. The summed E-state index contributed by atoms with van der Waals surface area (Å²) in [5.41, 5.74) is -0.314. The summed E-state index contributed by atoms with van der Waals surface area (Å²) in [5.74, 6) is -0.248. The van der Waals surface area contributed by atoms with Gasteiger partial charge in [0, 0.05) is 16.8 Å². The Hall–Kier alpha value is -2.80. The van der Waals surface area contributed by atoms with Gasteiger partial charge in [-0.2, -0.15) is 13.2 Å². The molecule has 0 unspecified atom stereocenters. The largest absolute Gasteiger partial charge is 0.433 e. The number of primary sulfonamides is 1. The van der Waals surface area contributed by atoms with Crippen molar-refractivity contribution in [1.29, 1.82) is 0 Å². The van der Waals surface area contributed by atoms with Crippen LogP contribution in [0.4, 0.5) is 13.2 Å². The Balaban J connectivity index is 1.78. The monoisotopic (exact) mass is 485 g/mol. The van der Waals surface area contributed by atoms with Crippen LogP contribution in [0, 0.1) is 0 Å². The van der Waals surface area contributed by atoms with Crippen LogP contribution in [0.3, 0.4) is 0 Å². The first-order valence-corrected chi connectivity index (χ1v) is 11.1. The Bertz CT molecular complexity index is 1370. The van der Waals surface area contributed by atoms with E-state index in [0.717, 1.165) is 17.4 Å². The second-order valence-corrected chi connectivity index (χ2v) is 9.58. The maximum Gasteiger partial charge on any atom is 0.433 e. The number of rotatable bonds is 4. The topological polar surface area (TPSA) is 104 Å². The minimum Gasteiger partial charge on any atom is -0.274 e. The molecule has 160 valence electrons. The fourth-order valence-electron chi connectivity index (χ4n) is 2.63. The molecule has 0 radical (unpaired) electrons. The van der Waals surface area contributed by atoms with Crippen LogP contribution in [-0.2, 0) is 16.2 Å². The summed E-state index contributed by atoms with van der Waals surface area (Å²) in [6, 6.07) is 9.87. The van der Waals surface area contributed by atoms with Crippen LogP contribution in [0.1, 0.15) is 5.69 Å². The molecule has 0 bridgehead atoms. The average molecular weight is 486 g/mol. The first-order valence-electron chi connectivity index (χ1n) is 8.40. The molecule has 3 heterocycles. The fraction of sp³-hybridized carbons (Fsp3) is 0.0556. The number of hydrogen-bond acceptors (Lipinski definition) is 6. The number of thiophene rings is 1. The predicted octanol–water partition coefficient (Wildman–Crippen LogP) is 4.38. The molecule has 0 fully saturated rings. The first-order chi connectivity index (χ1) is 14.5. The zero-order chi connectivity index (χ0) is 22.4. The van der Waals surface area contributed by atoms with Crippen molar-refractivity contribution in [2.75, 3.05) is 0 Å². The lowest BCUT2D eigenvalue weighted by molar-refractivity contribution is -0.141. The van der Waals surface area contributed by atoms with Gasteiger partial charge in [0.05, 0.1) is 16.3 Å². The quantitative estimate of drug-likeness (QED) is 0.462. The summed E-state index contributed by atoms with van der Waals surface area (Å²) in [6.07, 6.45) is -2.05. The summed E-state index contributed by atoms with van der Waals surface area (Å²) in [6.45, 7) is 0. The van der Waals surface area contributed by atoms with Crippen molar-refractivity contribution in [3.8, 4) is 27.8 Å². The lowest BCUT2D eigenvalue weighted by Gasteiger charge is -2.11. The van der Waals surface area contributed by atoms with Gasteiger partial charge in [-0.15, -0.1) is 11.3 Å². The van der Waals surface area contributed by atoms with Gasteiger partial charge in [0.1, 0.15) is 10.5 Å². The highest BCUT2D eigenvalue weighted by Gasteiger charge is 2.34. The lowest BCUT2D eigenvalue weighted by Crippen LogP contribution is -2.12. The SMILES string of the molecule is NS(=O)(=O)c1ccc(-c2cn(-c3nc(-c4ccc(Cl)cc4)cc(C(F)(F)F)n3)cn2)s1. The van der Waals surface area contributed by atoms with Crippen molar-refractivity contribution in [3.63, 3.8) is 0 Å². The Morgan fingerprint density at radius 3 is 2.35 bits per heavy atom. The number of nitrogens with zero attached hydrogens (tertiary/aromatic N) is 4. The van der Waals surface area contributed by atoms with Crippen molar-refractivity contribution in [3.05, 3.63) is 65.7 Å². The molecule has 0 spiro atoms. The number of imidazole rings is 1. The summed E-state index contributed by atoms with van der Waals surface area (Å²) < 4.78 is 64.4. The molecule has 0 aliphatic heterocycles. The van der Waals surface area contributed by atoms with Crippen LogP contribution < -0.4 is 5.14 Å². The van der Waals surface area contributed by atoms with E-state index < -0.39 is 21.9 Å². The zero-order valence-electron chi connectivity index (χ0n) is 15.2. The number of sulfonamides is 1. The molecule has 3 aromatic heterocycles. The fourth-order valence-corrected chi connectivity index (χ4v) is 4.45. The van der Waals surface area contributed by atoms with Crippen molar-refractivity contribution in [2.24, 2.45) is 5.14 Å². The lowest BCUT2D eigenvalue weighted by atomic mass is 10.1. The van der Waals surface area contributed by atoms with E-state index in [2.05, 4.69) is 15.0 Å². The molecule has 0 saturated carbocycles. The van der Waals surface area contributed by atoms with E-state index in [1.54, 1.807) is 24.3 Å². The highest BCUT2D eigenvalue weighted by molar-refractivity contribution is 7.91. The molecule has 2 N–H and O–H groups in total. The Kier molecular flexibility index (Phi) is 5.33. The normalized spacial score (nSPS) is 12.3. The van der Waals surface area contributed by atoms with Gasteiger partial charge in [-0.05, 0) is 30.3 Å². The van der Waals surface area contributed by atoms with Gasteiger partial charge >= 0.3 is 6.18 Å². The Labute approximate surface area is 183 Å². The van der Waals surface area contributed by atoms with E-state index in [0.29, 0.717) is 21.2 Å². The van der Waals surface area contributed by atoms with Gasteiger partial charge in [-0.3, -0.25) is 4.57 Å². The minimum atomic E-state index is -4.69. The van der Waals surface area contributed by atoms with Crippen LogP contribution in [0.5, 0.6) is 0 Å². The zero-order valence-corrected chi connectivity index (χ0v) is 17.6. The molecule has 31 heavy (non-hydrogen) atoms. The molecular weight excluding hydrogens is 475 g/mol.